The summed E-state index contributed by atoms with van der Waals surface area (Å²) in [7, 11) is 0. The summed E-state index contributed by atoms with van der Waals surface area (Å²) < 4.78 is 5.75. The second kappa shape index (κ2) is 7.24. The molecule has 1 fully saturated rings. The number of ether oxygens (including phenoxy) is 1. The molecule has 0 unspecified atom stereocenters. The number of rotatable bonds is 8. The molecule has 1 rings (SSSR count). The highest BCUT2D eigenvalue weighted by molar-refractivity contribution is 4.85. The van der Waals surface area contributed by atoms with E-state index >= 15 is 0 Å². The molecule has 0 aromatic carbocycles. The SMILES string of the molecule is CCCCCO[C@H]1C[C@H](NCCC)C1. The third kappa shape index (κ3) is 4.43. The highest BCUT2D eigenvalue weighted by atomic mass is 16.5. The predicted octanol–water partition coefficient (Wildman–Crippen LogP) is 2.72. The fourth-order valence-electron chi connectivity index (χ4n) is 1.82. The summed E-state index contributed by atoms with van der Waals surface area (Å²) >= 11 is 0. The summed E-state index contributed by atoms with van der Waals surface area (Å²) in [6, 6.07) is 0.742. The average Bonchev–Trinajstić information content (AvgIpc) is 2.14. The van der Waals surface area contributed by atoms with Gasteiger partial charge >= 0.3 is 0 Å². The van der Waals surface area contributed by atoms with Crippen LogP contribution < -0.4 is 5.32 Å². The Kier molecular flexibility index (Phi) is 6.20. The van der Waals surface area contributed by atoms with E-state index in [1.165, 1.54) is 38.5 Å². The van der Waals surface area contributed by atoms with Gasteiger partial charge in [0, 0.05) is 12.6 Å². The molecule has 1 aliphatic carbocycles. The Labute approximate surface area is 88.4 Å². The average molecular weight is 199 g/mol. The van der Waals surface area contributed by atoms with Gasteiger partial charge in [0.1, 0.15) is 0 Å². The maximum absolute atomic E-state index is 5.75. The van der Waals surface area contributed by atoms with Gasteiger partial charge in [0.25, 0.3) is 0 Å². The maximum atomic E-state index is 5.75. The Morgan fingerprint density at radius 1 is 1.14 bits per heavy atom. The zero-order valence-electron chi connectivity index (χ0n) is 9.72. The van der Waals surface area contributed by atoms with Crippen LogP contribution in [0.15, 0.2) is 0 Å². The molecule has 0 radical (unpaired) electrons. The highest BCUT2D eigenvalue weighted by Crippen LogP contribution is 2.23. The van der Waals surface area contributed by atoms with Crippen molar-refractivity contribution in [3.05, 3.63) is 0 Å². The minimum Gasteiger partial charge on any atom is -0.378 e. The summed E-state index contributed by atoms with van der Waals surface area (Å²) in [5.41, 5.74) is 0. The monoisotopic (exact) mass is 199 g/mol. The lowest BCUT2D eigenvalue weighted by molar-refractivity contribution is -0.0176. The molecule has 2 nitrogen and oxygen atoms in total. The minimum absolute atomic E-state index is 0.557. The fourth-order valence-corrected chi connectivity index (χ4v) is 1.82. The van der Waals surface area contributed by atoms with Crippen molar-refractivity contribution in [2.75, 3.05) is 13.2 Å². The predicted molar refractivity (Wildman–Crippen MR) is 60.6 cm³/mol. The highest BCUT2D eigenvalue weighted by Gasteiger charge is 2.28. The molecule has 0 amide bonds. The lowest BCUT2D eigenvalue weighted by atomic mass is 9.89. The van der Waals surface area contributed by atoms with Crippen molar-refractivity contribution in [3.8, 4) is 0 Å². The van der Waals surface area contributed by atoms with Crippen LogP contribution in [0.4, 0.5) is 0 Å². The third-order valence-electron chi connectivity index (χ3n) is 2.88. The van der Waals surface area contributed by atoms with Crippen LogP contribution in [-0.2, 0) is 4.74 Å². The first-order chi connectivity index (χ1) is 6.86. The van der Waals surface area contributed by atoms with Crippen LogP contribution in [-0.4, -0.2) is 25.3 Å². The zero-order valence-corrected chi connectivity index (χ0v) is 9.72. The van der Waals surface area contributed by atoms with Crippen molar-refractivity contribution in [3.63, 3.8) is 0 Å². The Balaban J connectivity index is 1.84. The van der Waals surface area contributed by atoms with Crippen molar-refractivity contribution in [2.45, 2.75) is 64.5 Å². The van der Waals surface area contributed by atoms with E-state index in [-0.39, 0.29) is 0 Å². The van der Waals surface area contributed by atoms with E-state index in [2.05, 4.69) is 19.2 Å². The van der Waals surface area contributed by atoms with E-state index in [0.29, 0.717) is 6.10 Å². The van der Waals surface area contributed by atoms with Gasteiger partial charge in [-0.1, -0.05) is 26.7 Å². The van der Waals surface area contributed by atoms with Crippen LogP contribution in [0, 0.1) is 0 Å². The van der Waals surface area contributed by atoms with E-state index in [9.17, 15) is 0 Å². The minimum atomic E-state index is 0.557. The van der Waals surface area contributed by atoms with Gasteiger partial charge < -0.3 is 10.1 Å². The molecular formula is C12H25NO. The lowest BCUT2D eigenvalue weighted by Crippen LogP contribution is -2.45. The Hall–Kier alpha value is -0.0800. The summed E-state index contributed by atoms with van der Waals surface area (Å²) in [5, 5.41) is 3.52. The molecule has 84 valence electrons. The van der Waals surface area contributed by atoms with Gasteiger partial charge in [-0.2, -0.15) is 0 Å². The quantitative estimate of drug-likeness (QED) is 0.607. The third-order valence-corrected chi connectivity index (χ3v) is 2.88. The van der Waals surface area contributed by atoms with Crippen LogP contribution in [0.2, 0.25) is 0 Å². The number of hydrogen-bond donors (Lipinski definition) is 1. The molecule has 0 aromatic rings. The van der Waals surface area contributed by atoms with E-state index in [1.807, 2.05) is 0 Å². The molecule has 1 saturated carbocycles. The molecule has 0 heterocycles. The molecule has 0 spiro atoms. The van der Waals surface area contributed by atoms with Crippen molar-refractivity contribution >= 4 is 0 Å². The fraction of sp³-hybridized carbons (Fsp3) is 1.00. The van der Waals surface area contributed by atoms with E-state index in [0.717, 1.165) is 19.2 Å². The molecule has 1 N–H and O–H groups in total. The van der Waals surface area contributed by atoms with Gasteiger partial charge in [0.15, 0.2) is 0 Å². The van der Waals surface area contributed by atoms with E-state index < -0.39 is 0 Å². The second-order valence-electron chi connectivity index (χ2n) is 4.32. The smallest absolute Gasteiger partial charge is 0.0604 e. The molecule has 14 heavy (non-hydrogen) atoms. The van der Waals surface area contributed by atoms with Gasteiger partial charge in [-0.25, -0.2) is 0 Å². The Morgan fingerprint density at radius 3 is 2.57 bits per heavy atom. The second-order valence-corrected chi connectivity index (χ2v) is 4.32. The van der Waals surface area contributed by atoms with Crippen LogP contribution in [0.1, 0.15) is 52.4 Å². The molecule has 0 atom stereocenters. The first-order valence-electron chi connectivity index (χ1n) is 6.21. The standard InChI is InChI=1S/C12H25NO/c1-3-5-6-8-14-12-9-11(10-12)13-7-4-2/h11-13H,3-10H2,1-2H3/t11-,12-. The summed E-state index contributed by atoms with van der Waals surface area (Å²) in [5.74, 6) is 0. The van der Waals surface area contributed by atoms with Crippen LogP contribution in [0.5, 0.6) is 0 Å². The zero-order chi connectivity index (χ0) is 10.2. The van der Waals surface area contributed by atoms with Crippen LogP contribution in [0.3, 0.4) is 0 Å². The topological polar surface area (TPSA) is 21.3 Å². The number of unbranched alkanes of at least 4 members (excludes halogenated alkanes) is 2. The molecule has 0 aromatic heterocycles. The normalized spacial score (nSPS) is 26.1. The van der Waals surface area contributed by atoms with E-state index in [1.54, 1.807) is 0 Å². The molecular weight excluding hydrogens is 174 g/mol. The van der Waals surface area contributed by atoms with Crippen molar-refractivity contribution in [1.82, 2.24) is 5.32 Å². The summed E-state index contributed by atoms with van der Waals surface area (Å²) in [6.07, 6.45) is 8.08. The van der Waals surface area contributed by atoms with Crippen molar-refractivity contribution in [1.29, 1.82) is 0 Å². The van der Waals surface area contributed by atoms with Crippen LogP contribution in [0.25, 0.3) is 0 Å². The van der Waals surface area contributed by atoms with Crippen LogP contribution >= 0.6 is 0 Å². The van der Waals surface area contributed by atoms with Crippen molar-refractivity contribution in [2.24, 2.45) is 0 Å². The Morgan fingerprint density at radius 2 is 1.93 bits per heavy atom. The van der Waals surface area contributed by atoms with Gasteiger partial charge in [-0.3, -0.25) is 0 Å². The van der Waals surface area contributed by atoms with Gasteiger partial charge in [0.05, 0.1) is 6.10 Å². The number of nitrogens with one attached hydrogen (secondary N) is 1. The summed E-state index contributed by atoms with van der Waals surface area (Å²) in [4.78, 5) is 0. The molecule has 0 aliphatic heterocycles. The first kappa shape index (κ1) is 12.0. The molecule has 0 bridgehead atoms. The Bertz CT molecular complexity index is 130. The summed E-state index contributed by atoms with van der Waals surface area (Å²) in [6.45, 7) is 6.57. The van der Waals surface area contributed by atoms with Gasteiger partial charge in [0.2, 0.25) is 0 Å². The number of hydrogen-bond acceptors (Lipinski definition) is 2. The van der Waals surface area contributed by atoms with Crippen molar-refractivity contribution < 1.29 is 4.74 Å². The maximum Gasteiger partial charge on any atom is 0.0604 e. The van der Waals surface area contributed by atoms with E-state index in [4.69, 9.17) is 4.74 Å². The molecule has 0 saturated heterocycles. The van der Waals surface area contributed by atoms with Gasteiger partial charge in [-0.15, -0.1) is 0 Å². The first-order valence-corrected chi connectivity index (χ1v) is 6.21. The molecule has 1 aliphatic rings. The lowest BCUT2D eigenvalue weighted by Gasteiger charge is -2.35. The largest absolute Gasteiger partial charge is 0.378 e. The molecule has 2 heteroatoms. The van der Waals surface area contributed by atoms with Gasteiger partial charge in [-0.05, 0) is 32.2 Å².